The van der Waals surface area contributed by atoms with E-state index in [1.54, 1.807) is 13.8 Å². The number of hydrogen-bond acceptors (Lipinski definition) is 4. The summed E-state index contributed by atoms with van der Waals surface area (Å²) in [5.41, 5.74) is 13.5. The summed E-state index contributed by atoms with van der Waals surface area (Å²) >= 11 is 0. The molecule has 0 spiro atoms. The molecular formula is C9H15N3O3. The third kappa shape index (κ3) is 6.54. The highest BCUT2D eigenvalue weighted by Gasteiger charge is 2.17. The molecule has 0 aromatic heterocycles. The summed E-state index contributed by atoms with van der Waals surface area (Å²) in [5, 5.41) is 0. The summed E-state index contributed by atoms with van der Waals surface area (Å²) in [7, 11) is 0. The quantitative estimate of drug-likeness (QED) is 0.288. The fraction of sp³-hybridized carbons (Fsp3) is 0.667. The van der Waals surface area contributed by atoms with Crippen molar-refractivity contribution in [3.63, 3.8) is 0 Å². The molecule has 6 heteroatoms. The zero-order valence-corrected chi connectivity index (χ0v) is 8.84. The molecule has 0 aromatic carbocycles. The number of hydrogen-bond donors (Lipinski definition) is 1. The van der Waals surface area contributed by atoms with Crippen LogP contribution in [0.2, 0.25) is 0 Å². The Morgan fingerprint density at radius 3 is 2.60 bits per heavy atom. The van der Waals surface area contributed by atoms with E-state index in [9.17, 15) is 9.59 Å². The molecular weight excluding hydrogens is 198 g/mol. The van der Waals surface area contributed by atoms with Crippen LogP contribution >= 0.6 is 0 Å². The summed E-state index contributed by atoms with van der Waals surface area (Å²) < 4.78 is 4.85. The molecule has 0 heterocycles. The van der Waals surface area contributed by atoms with Gasteiger partial charge < -0.3 is 16.0 Å². The summed E-state index contributed by atoms with van der Waals surface area (Å²) in [4.78, 5) is 24.6. The summed E-state index contributed by atoms with van der Waals surface area (Å²) in [6.45, 7) is 3.43. The van der Waals surface area contributed by atoms with Crippen LogP contribution in [0.5, 0.6) is 0 Å². The van der Waals surface area contributed by atoms with E-state index in [-0.39, 0.29) is 24.7 Å². The molecule has 0 amide bonds. The van der Waals surface area contributed by atoms with Crippen molar-refractivity contribution in [1.82, 2.24) is 0 Å². The molecule has 0 saturated carbocycles. The zero-order chi connectivity index (χ0) is 11.8. The van der Waals surface area contributed by atoms with Crippen LogP contribution in [0.15, 0.2) is 0 Å². The van der Waals surface area contributed by atoms with Crippen molar-refractivity contribution in [2.75, 3.05) is 0 Å². The Morgan fingerprint density at radius 1 is 1.53 bits per heavy atom. The number of carbonyl (C=O) groups excluding carboxylic acids is 2. The number of nitrogens with two attached hydrogens (primary N) is 1. The molecule has 0 aromatic rings. The normalized spacial score (nSPS) is 11.7. The Hall–Kier alpha value is -1.52. The molecule has 0 aliphatic carbocycles. The van der Waals surface area contributed by atoms with Crippen molar-refractivity contribution in [3.05, 3.63) is 5.53 Å². The Morgan fingerprint density at radius 2 is 2.13 bits per heavy atom. The predicted octanol–water partition coefficient (Wildman–Crippen LogP) is -0.0848. The average molecular weight is 213 g/mol. The van der Waals surface area contributed by atoms with Crippen molar-refractivity contribution >= 4 is 18.0 Å². The van der Waals surface area contributed by atoms with E-state index in [1.807, 2.05) is 0 Å². The van der Waals surface area contributed by atoms with Crippen LogP contribution in [0.1, 0.15) is 26.7 Å². The summed E-state index contributed by atoms with van der Waals surface area (Å²) in [6, 6.07) is -0.816. The highest BCUT2D eigenvalue weighted by Crippen LogP contribution is 1.99. The molecule has 0 bridgehead atoms. The maximum Gasteiger partial charge on any atom is 0.323 e. The van der Waals surface area contributed by atoms with Crippen LogP contribution in [-0.2, 0) is 14.3 Å². The van der Waals surface area contributed by atoms with Gasteiger partial charge in [0.1, 0.15) is 6.04 Å². The van der Waals surface area contributed by atoms with E-state index in [0.29, 0.717) is 0 Å². The van der Waals surface area contributed by atoms with Gasteiger partial charge >= 0.3 is 12.2 Å². The van der Waals surface area contributed by atoms with Crippen LogP contribution in [0, 0.1) is 0 Å². The van der Waals surface area contributed by atoms with Gasteiger partial charge in [-0.15, -0.1) is 0 Å². The number of Topliss-reactive ketones (excluding diaryl/α,β-unsaturated/α-hetero) is 1. The zero-order valence-electron chi connectivity index (χ0n) is 8.84. The first kappa shape index (κ1) is 13.5. The molecule has 0 radical (unpaired) electrons. The Labute approximate surface area is 88.0 Å². The van der Waals surface area contributed by atoms with E-state index < -0.39 is 12.0 Å². The van der Waals surface area contributed by atoms with Gasteiger partial charge in [-0.05, 0) is 20.3 Å². The molecule has 15 heavy (non-hydrogen) atoms. The third-order valence-corrected chi connectivity index (χ3v) is 1.56. The number of nitrogens with zero attached hydrogens (tertiary/aromatic N) is 2. The minimum Gasteiger partial charge on any atom is -0.462 e. The first-order valence-electron chi connectivity index (χ1n) is 4.63. The number of carbonyl (C=O) groups is 2. The van der Waals surface area contributed by atoms with Gasteiger partial charge in [-0.3, -0.25) is 9.59 Å². The van der Waals surface area contributed by atoms with Gasteiger partial charge in [-0.1, -0.05) is 0 Å². The molecule has 84 valence electrons. The summed E-state index contributed by atoms with van der Waals surface area (Å²) in [6.07, 6.45) is 0.785. The Bertz CT molecular complexity index is 282. The lowest BCUT2D eigenvalue weighted by Crippen LogP contribution is -2.34. The lowest BCUT2D eigenvalue weighted by molar-refractivity contribution is -0.149. The molecule has 2 N–H and O–H groups in total. The van der Waals surface area contributed by atoms with E-state index in [1.165, 1.54) is 0 Å². The highest BCUT2D eigenvalue weighted by molar-refractivity contribution is 6.25. The van der Waals surface area contributed by atoms with Gasteiger partial charge in [-0.2, -0.15) is 4.79 Å². The van der Waals surface area contributed by atoms with Gasteiger partial charge in [0.2, 0.25) is 5.78 Å². The van der Waals surface area contributed by atoms with Crippen LogP contribution < -0.4 is 5.73 Å². The number of ether oxygens (including phenoxy) is 1. The SMILES string of the molecule is CC(C)OC(=O)[C@@H](N)CCC(=O)C=[N+]=[N-]. The monoisotopic (exact) mass is 213 g/mol. The number of rotatable bonds is 6. The average Bonchev–Trinajstić information content (AvgIpc) is 2.13. The van der Waals surface area contributed by atoms with Gasteiger partial charge in [0, 0.05) is 6.42 Å². The second kappa shape index (κ2) is 6.86. The van der Waals surface area contributed by atoms with Crippen LogP contribution in [0.25, 0.3) is 5.53 Å². The number of esters is 1. The van der Waals surface area contributed by atoms with E-state index in [4.69, 9.17) is 16.0 Å². The topological polar surface area (TPSA) is 106 Å². The second-order valence-corrected chi connectivity index (χ2v) is 3.34. The minimum atomic E-state index is -0.816. The smallest absolute Gasteiger partial charge is 0.323 e. The molecule has 0 rings (SSSR count). The van der Waals surface area contributed by atoms with Crippen molar-refractivity contribution in [2.45, 2.75) is 38.8 Å². The van der Waals surface area contributed by atoms with E-state index in [2.05, 4.69) is 4.79 Å². The Balaban J connectivity index is 3.92. The molecule has 0 fully saturated rings. The second-order valence-electron chi connectivity index (χ2n) is 3.34. The maximum atomic E-state index is 11.2. The molecule has 6 nitrogen and oxygen atoms in total. The lowest BCUT2D eigenvalue weighted by atomic mass is 10.1. The first-order valence-corrected chi connectivity index (χ1v) is 4.63. The van der Waals surface area contributed by atoms with Gasteiger partial charge in [0.25, 0.3) is 0 Å². The molecule has 0 aliphatic rings. The van der Waals surface area contributed by atoms with Gasteiger partial charge in [-0.25, -0.2) is 0 Å². The van der Waals surface area contributed by atoms with E-state index >= 15 is 0 Å². The highest BCUT2D eigenvalue weighted by atomic mass is 16.5. The van der Waals surface area contributed by atoms with Crippen molar-refractivity contribution in [2.24, 2.45) is 5.73 Å². The fourth-order valence-electron chi connectivity index (χ4n) is 0.864. The van der Waals surface area contributed by atoms with E-state index in [0.717, 1.165) is 6.21 Å². The van der Waals surface area contributed by atoms with Gasteiger partial charge in [0.15, 0.2) is 0 Å². The predicted molar refractivity (Wildman–Crippen MR) is 53.1 cm³/mol. The van der Waals surface area contributed by atoms with Crippen LogP contribution in [-0.4, -0.2) is 34.9 Å². The standard InChI is InChI=1S/C9H15N3O3/c1-6(2)15-9(14)8(10)4-3-7(13)5-12-11/h5-6,8H,3-4,10H2,1-2H3/t8-/m0/s1. The van der Waals surface area contributed by atoms with Gasteiger partial charge in [0.05, 0.1) is 6.10 Å². The number of ketones is 1. The maximum absolute atomic E-state index is 11.2. The molecule has 0 saturated heterocycles. The van der Waals surface area contributed by atoms with Crippen molar-refractivity contribution in [1.29, 1.82) is 0 Å². The summed E-state index contributed by atoms with van der Waals surface area (Å²) in [5.74, 6) is -0.913. The largest absolute Gasteiger partial charge is 0.462 e. The fourth-order valence-corrected chi connectivity index (χ4v) is 0.864. The molecule has 0 aliphatic heterocycles. The minimum absolute atomic E-state index is 0.0540. The Kier molecular flexibility index (Phi) is 6.17. The lowest BCUT2D eigenvalue weighted by Gasteiger charge is -2.12. The van der Waals surface area contributed by atoms with Crippen LogP contribution in [0.4, 0.5) is 0 Å². The van der Waals surface area contributed by atoms with Crippen molar-refractivity contribution < 1.29 is 19.1 Å². The first-order chi connectivity index (χ1) is 6.97. The van der Waals surface area contributed by atoms with Crippen molar-refractivity contribution in [3.8, 4) is 0 Å². The molecule has 1 atom stereocenters. The third-order valence-electron chi connectivity index (χ3n) is 1.56. The molecule has 0 unspecified atom stereocenters. The van der Waals surface area contributed by atoms with Crippen LogP contribution in [0.3, 0.4) is 0 Å².